The number of aromatic nitrogens is 1. The van der Waals surface area contributed by atoms with E-state index < -0.39 is 6.04 Å². The van der Waals surface area contributed by atoms with E-state index >= 15 is 0 Å². The second kappa shape index (κ2) is 9.22. The van der Waals surface area contributed by atoms with Crippen LogP contribution in [-0.2, 0) is 33.8 Å². The molecule has 0 unspecified atom stereocenters. The predicted molar refractivity (Wildman–Crippen MR) is 118 cm³/mol. The van der Waals surface area contributed by atoms with Crippen LogP contribution in [0.4, 0.5) is 0 Å². The fraction of sp³-hybridized carbons (Fsp3) is 0.333. The molecule has 31 heavy (non-hydrogen) atoms. The van der Waals surface area contributed by atoms with Gasteiger partial charge in [0.15, 0.2) is 6.61 Å². The standard InChI is InChI=1S/C24H27N3O4/c1-25-24(29)21-14-17-6-3-4-7-18(17)15-27(21)23(28)16-31-22-9-5-8-20-19(22)10-11-26(20)12-13-30-2/h3-11,21H,12-16H2,1-2H3,(H,25,29)/t21-/m0/s1. The number of carbonyl (C=O) groups excluding carboxylic acids is 2. The van der Waals surface area contributed by atoms with Gasteiger partial charge in [-0.15, -0.1) is 0 Å². The summed E-state index contributed by atoms with van der Waals surface area (Å²) >= 11 is 0. The van der Waals surface area contributed by atoms with Gasteiger partial charge >= 0.3 is 0 Å². The van der Waals surface area contributed by atoms with E-state index in [-0.39, 0.29) is 18.4 Å². The monoisotopic (exact) mass is 421 g/mol. The Bertz CT molecular complexity index is 1090. The number of fused-ring (bicyclic) bond motifs is 2. The summed E-state index contributed by atoms with van der Waals surface area (Å²) in [6.07, 6.45) is 2.49. The van der Waals surface area contributed by atoms with E-state index in [4.69, 9.17) is 9.47 Å². The third kappa shape index (κ3) is 4.27. The molecule has 2 heterocycles. The Morgan fingerprint density at radius 3 is 2.68 bits per heavy atom. The first kappa shape index (κ1) is 20.9. The lowest BCUT2D eigenvalue weighted by atomic mass is 9.93. The first-order valence-corrected chi connectivity index (χ1v) is 10.4. The lowest BCUT2D eigenvalue weighted by molar-refractivity contribution is -0.143. The summed E-state index contributed by atoms with van der Waals surface area (Å²) in [7, 11) is 3.27. The summed E-state index contributed by atoms with van der Waals surface area (Å²) in [4.78, 5) is 27.2. The van der Waals surface area contributed by atoms with Gasteiger partial charge in [0.25, 0.3) is 5.91 Å². The quantitative estimate of drug-likeness (QED) is 0.636. The van der Waals surface area contributed by atoms with Crippen LogP contribution in [0.2, 0.25) is 0 Å². The van der Waals surface area contributed by atoms with Crippen LogP contribution in [0.5, 0.6) is 5.75 Å². The molecule has 1 aromatic heterocycles. The number of amides is 2. The van der Waals surface area contributed by atoms with Crippen molar-refractivity contribution in [2.24, 2.45) is 0 Å². The Kier molecular flexibility index (Phi) is 6.23. The fourth-order valence-electron chi connectivity index (χ4n) is 4.11. The maximum absolute atomic E-state index is 13.1. The molecule has 2 aromatic carbocycles. The third-order valence-corrected chi connectivity index (χ3v) is 5.78. The maximum atomic E-state index is 13.1. The number of hydrogen-bond acceptors (Lipinski definition) is 4. The number of ether oxygens (including phenoxy) is 2. The van der Waals surface area contributed by atoms with Crippen molar-refractivity contribution in [2.45, 2.75) is 25.6 Å². The minimum absolute atomic E-state index is 0.127. The molecular weight excluding hydrogens is 394 g/mol. The van der Waals surface area contributed by atoms with Gasteiger partial charge in [0, 0.05) is 45.3 Å². The summed E-state index contributed by atoms with van der Waals surface area (Å²) in [6.45, 7) is 1.63. The fourth-order valence-corrected chi connectivity index (χ4v) is 4.11. The number of carbonyl (C=O) groups is 2. The van der Waals surface area contributed by atoms with Crippen LogP contribution in [0.15, 0.2) is 54.7 Å². The van der Waals surface area contributed by atoms with E-state index in [0.717, 1.165) is 28.6 Å². The number of methoxy groups -OCH3 is 1. The molecule has 1 atom stereocenters. The van der Waals surface area contributed by atoms with Gasteiger partial charge in [-0.1, -0.05) is 30.3 Å². The molecule has 162 valence electrons. The van der Waals surface area contributed by atoms with Crippen LogP contribution in [0.25, 0.3) is 10.9 Å². The van der Waals surface area contributed by atoms with Gasteiger partial charge in [-0.3, -0.25) is 9.59 Å². The second-order valence-electron chi connectivity index (χ2n) is 7.60. The lowest BCUT2D eigenvalue weighted by Gasteiger charge is -2.35. The minimum atomic E-state index is -0.540. The lowest BCUT2D eigenvalue weighted by Crippen LogP contribution is -2.53. The Labute approximate surface area is 181 Å². The molecule has 2 amide bonds. The molecule has 0 saturated carbocycles. The first-order valence-electron chi connectivity index (χ1n) is 10.4. The van der Waals surface area contributed by atoms with E-state index in [1.807, 2.05) is 54.7 Å². The normalized spacial score (nSPS) is 15.5. The maximum Gasteiger partial charge on any atom is 0.261 e. The number of hydrogen-bond donors (Lipinski definition) is 1. The van der Waals surface area contributed by atoms with E-state index in [2.05, 4.69) is 9.88 Å². The topological polar surface area (TPSA) is 72.8 Å². The Morgan fingerprint density at radius 2 is 1.90 bits per heavy atom. The third-order valence-electron chi connectivity index (χ3n) is 5.78. The molecule has 4 rings (SSSR count). The molecule has 7 nitrogen and oxygen atoms in total. The van der Waals surface area contributed by atoms with Crippen LogP contribution in [0, 0.1) is 0 Å². The van der Waals surface area contributed by atoms with Gasteiger partial charge in [0.1, 0.15) is 11.8 Å². The van der Waals surface area contributed by atoms with Gasteiger partial charge in [-0.05, 0) is 29.3 Å². The largest absolute Gasteiger partial charge is 0.483 e. The van der Waals surface area contributed by atoms with Gasteiger partial charge in [0.05, 0.1) is 12.1 Å². The molecule has 0 bridgehead atoms. The van der Waals surface area contributed by atoms with Gasteiger partial charge in [0.2, 0.25) is 5.91 Å². The van der Waals surface area contributed by atoms with Crippen LogP contribution < -0.4 is 10.1 Å². The molecule has 1 aliphatic heterocycles. The number of benzene rings is 2. The molecule has 0 aliphatic carbocycles. The first-order chi connectivity index (χ1) is 15.1. The molecule has 1 aliphatic rings. The smallest absolute Gasteiger partial charge is 0.261 e. The van der Waals surface area contributed by atoms with Crippen molar-refractivity contribution >= 4 is 22.7 Å². The van der Waals surface area contributed by atoms with Crippen molar-refractivity contribution in [1.29, 1.82) is 0 Å². The summed E-state index contributed by atoms with van der Waals surface area (Å²) in [5, 5.41) is 3.62. The zero-order chi connectivity index (χ0) is 21.8. The highest BCUT2D eigenvalue weighted by molar-refractivity contribution is 5.90. The molecular formula is C24H27N3O4. The van der Waals surface area contributed by atoms with Crippen molar-refractivity contribution < 1.29 is 19.1 Å². The molecule has 0 saturated heterocycles. The SMILES string of the molecule is CNC(=O)[C@@H]1Cc2ccccc2CN1C(=O)COc1cccc2c1ccn2CCOC. The van der Waals surface area contributed by atoms with Gasteiger partial charge < -0.3 is 24.3 Å². The van der Waals surface area contributed by atoms with Crippen LogP contribution in [-0.4, -0.2) is 54.7 Å². The van der Waals surface area contributed by atoms with Crippen molar-refractivity contribution in [2.75, 3.05) is 27.4 Å². The summed E-state index contributed by atoms with van der Waals surface area (Å²) in [6, 6.07) is 15.2. The molecule has 3 aromatic rings. The minimum Gasteiger partial charge on any atom is -0.483 e. The number of likely N-dealkylation sites (N-methyl/N-ethyl adjacent to an activating group) is 1. The highest BCUT2D eigenvalue weighted by atomic mass is 16.5. The van der Waals surface area contributed by atoms with E-state index in [1.165, 1.54) is 0 Å². The van der Waals surface area contributed by atoms with E-state index in [1.54, 1.807) is 19.1 Å². The Balaban J connectivity index is 1.51. The summed E-state index contributed by atoms with van der Waals surface area (Å²) in [5.41, 5.74) is 3.19. The summed E-state index contributed by atoms with van der Waals surface area (Å²) in [5.74, 6) is 0.273. The number of rotatable bonds is 7. The average molecular weight is 421 g/mol. The second-order valence-corrected chi connectivity index (χ2v) is 7.60. The molecule has 7 heteroatoms. The van der Waals surface area contributed by atoms with E-state index in [0.29, 0.717) is 25.3 Å². The van der Waals surface area contributed by atoms with Crippen molar-refractivity contribution in [3.63, 3.8) is 0 Å². The number of nitrogens with zero attached hydrogens (tertiary/aromatic N) is 2. The molecule has 1 N–H and O–H groups in total. The molecule has 0 fully saturated rings. The van der Waals surface area contributed by atoms with Gasteiger partial charge in [-0.2, -0.15) is 0 Å². The zero-order valence-corrected chi connectivity index (χ0v) is 17.8. The van der Waals surface area contributed by atoms with Crippen molar-refractivity contribution in [1.82, 2.24) is 14.8 Å². The molecule has 0 radical (unpaired) electrons. The average Bonchev–Trinajstić information content (AvgIpc) is 3.23. The van der Waals surface area contributed by atoms with Crippen LogP contribution >= 0.6 is 0 Å². The number of nitrogens with one attached hydrogen (secondary N) is 1. The van der Waals surface area contributed by atoms with Crippen molar-refractivity contribution in [3.05, 3.63) is 65.9 Å². The zero-order valence-electron chi connectivity index (χ0n) is 17.8. The summed E-state index contributed by atoms with van der Waals surface area (Å²) < 4.78 is 13.2. The Hall–Kier alpha value is -3.32. The predicted octanol–water partition coefficient (Wildman–Crippen LogP) is 2.37. The van der Waals surface area contributed by atoms with Gasteiger partial charge in [-0.25, -0.2) is 0 Å². The Morgan fingerprint density at radius 1 is 1.10 bits per heavy atom. The van der Waals surface area contributed by atoms with Crippen molar-refractivity contribution in [3.8, 4) is 5.75 Å². The van der Waals surface area contributed by atoms with Crippen LogP contribution in [0.1, 0.15) is 11.1 Å². The van der Waals surface area contributed by atoms with Crippen LogP contribution in [0.3, 0.4) is 0 Å². The highest BCUT2D eigenvalue weighted by Gasteiger charge is 2.34. The van der Waals surface area contributed by atoms with E-state index in [9.17, 15) is 9.59 Å². The highest BCUT2D eigenvalue weighted by Crippen LogP contribution is 2.28. The molecule has 0 spiro atoms.